The number of hydrogen-bond acceptors (Lipinski definition) is 5. The second-order valence-corrected chi connectivity index (χ2v) is 10.0. The minimum absolute atomic E-state index is 0.253. The van der Waals surface area contributed by atoms with Gasteiger partial charge in [-0.25, -0.2) is 0 Å². The van der Waals surface area contributed by atoms with Gasteiger partial charge in [-0.1, -0.05) is 66.2 Å². The zero-order valence-electron chi connectivity index (χ0n) is 19.6. The monoisotopic (exact) mass is 425 g/mol. The first kappa shape index (κ1) is 30.2. The average molecular weight is 426 g/mol. The molecule has 0 bridgehead atoms. The van der Waals surface area contributed by atoms with Crippen molar-refractivity contribution in [2.75, 3.05) is 47.5 Å². The van der Waals surface area contributed by atoms with Gasteiger partial charge in [0.25, 0.3) is 7.82 Å². The maximum atomic E-state index is 11.8. The summed E-state index contributed by atoms with van der Waals surface area (Å²) in [7, 11) is 2.01. The molecule has 2 unspecified atom stereocenters. The van der Waals surface area contributed by atoms with Gasteiger partial charge in [-0.3, -0.25) is 4.57 Å². The lowest BCUT2D eigenvalue weighted by molar-refractivity contribution is -0.870. The van der Waals surface area contributed by atoms with Crippen LogP contribution in [0.4, 0.5) is 0 Å². The molecule has 0 aromatic rings. The van der Waals surface area contributed by atoms with Crippen LogP contribution < -0.4 is 4.89 Å². The van der Waals surface area contributed by atoms with E-state index in [-0.39, 0.29) is 19.8 Å². The predicted molar refractivity (Wildman–Crippen MR) is 116 cm³/mol. The molecule has 0 amide bonds. The number of phosphoric ester groups is 1. The van der Waals surface area contributed by atoms with Crippen molar-refractivity contribution in [3.05, 3.63) is 0 Å². The van der Waals surface area contributed by atoms with E-state index < -0.39 is 7.82 Å². The van der Waals surface area contributed by atoms with Gasteiger partial charge in [0.15, 0.2) is 0 Å². The van der Waals surface area contributed by atoms with Crippen molar-refractivity contribution in [2.45, 2.75) is 79.1 Å². The maximum Gasteiger partial charge on any atom is 0.267 e. The minimum Gasteiger partial charge on any atom is -0.756 e. The van der Waals surface area contributed by atoms with E-state index in [1.165, 1.54) is 0 Å². The highest BCUT2D eigenvalue weighted by Gasteiger charge is 2.16. The fourth-order valence-corrected chi connectivity index (χ4v) is 3.39. The van der Waals surface area contributed by atoms with Crippen LogP contribution in [-0.2, 0) is 13.6 Å². The molecule has 1 N–H and O–H groups in total. The number of rotatable bonds is 16. The Kier molecular flexibility index (Phi) is 19.3. The zero-order valence-corrected chi connectivity index (χ0v) is 20.5. The van der Waals surface area contributed by atoms with Crippen molar-refractivity contribution in [1.82, 2.24) is 0 Å². The summed E-state index contributed by atoms with van der Waals surface area (Å²) in [6.45, 7) is 10.0. The largest absolute Gasteiger partial charge is 0.756 e. The summed E-state index contributed by atoms with van der Waals surface area (Å²) in [5.41, 5.74) is 0. The van der Waals surface area contributed by atoms with Gasteiger partial charge in [-0.2, -0.15) is 0 Å². The summed E-state index contributed by atoms with van der Waals surface area (Å²) < 4.78 is 22.8. The molecule has 0 aliphatic rings. The van der Waals surface area contributed by atoms with Crippen molar-refractivity contribution in [3.63, 3.8) is 0 Å². The van der Waals surface area contributed by atoms with Crippen LogP contribution in [0.2, 0.25) is 0 Å². The van der Waals surface area contributed by atoms with Crippen molar-refractivity contribution in [2.24, 2.45) is 11.8 Å². The molecular formula is C21H48NO5P. The van der Waals surface area contributed by atoms with Crippen LogP contribution in [0.1, 0.15) is 79.1 Å². The van der Waals surface area contributed by atoms with Crippen molar-refractivity contribution in [1.29, 1.82) is 0 Å². The quantitative estimate of drug-likeness (QED) is 0.289. The molecule has 28 heavy (non-hydrogen) atoms. The summed E-state index contributed by atoms with van der Waals surface area (Å²) in [6.07, 6.45) is 8.38. The number of hydrogen-bond donors (Lipinski definition) is 1. The van der Waals surface area contributed by atoms with E-state index in [9.17, 15) is 9.46 Å². The highest BCUT2D eigenvalue weighted by Crippen LogP contribution is 2.40. The topological polar surface area (TPSA) is 78.8 Å². The van der Waals surface area contributed by atoms with E-state index in [1.54, 1.807) is 0 Å². The average Bonchev–Trinajstić information content (AvgIpc) is 2.61. The van der Waals surface area contributed by atoms with Crippen LogP contribution in [0, 0.1) is 11.8 Å². The summed E-state index contributed by atoms with van der Waals surface area (Å²) in [5.74, 6) is 0.607. The number of aliphatic hydroxyl groups is 1. The van der Waals surface area contributed by atoms with E-state index in [2.05, 4.69) is 48.8 Å². The third kappa shape index (κ3) is 20.8. The Labute approximate surface area is 174 Å². The molecule has 0 aromatic heterocycles. The van der Waals surface area contributed by atoms with E-state index in [1.807, 2.05) is 0 Å². The Hall–Kier alpha value is 0.0300. The summed E-state index contributed by atoms with van der Waals surface area (Å²) >= 11 is 0. The maximum absolute atomic E-state index is 11.8. The van der Waals surface area contributed by atoms with Crippen molar-refractivity contribution >= 4 is 7.82 Å². The fourth-order valence-electron chi connectivity index (χ4n) is 2.53. The first-order valence-electron chi connectivity index (χ1n) is 11.1. The molecule has 0 rings (SSSR count). The molecule has 0 spiro atoms. The van der Waals surface area contributed by atoms with E-state index in [0.29, 0.717) is 11.8 Å². The smallest absolute Gasteiger partial charge is 0.267 e. The van der Waals surface area contributed by atoms with Crippen LogP contribution >= 0.6 is 7.82 Å². The molecule has 172 valence electrons. The van der Waals surface area contributed by atoms with E-state index >= 15 is 0 Å². The van der Waals surface area contributed by atoms with Crippen LogP contribution in [0.5, 0.6) is 0 Å². The number of nitrogens with zero attached hydrogens (tertiary/aromatic N) is 1. The molecular weight excluding hydrogens is 377 g/mol. The number of likely N-dealkylation sites (N-methyl/N-ethyl adjacent to an activating group) is 1. The highest BCUT2D eigenvalue weighted by molar-refractivity contribution is 7.45. The number of quaternary nitrogens is 1. The van der Waals surface area contributed by atoms with Crippen LogP contribution in [-0.4, -0.2) is 57.1 Å². The number of unbranched alkanes of at least 4 members (excludes halogenated alkanes) is 2. The van der Waals surface area contributed by atoms with E-state index in [0.717, 1.165) is 62.4 Å². The molecule has 7 heteroatoms. The Morgan fingerprint density at radius 3 is 1.50 bits per heavy atom. The van der Waals surface area contributed by atoms with Crippen molar-refractivity contribution in [3.8, 4) is 0 Å². The molecule has 0 radical (unpaired) electrons. The molecule has 2 atom stereocenters. The standard InChI is InChI=1S/C16H35O4P.C5H14NO/c1-5-9-11-15(7-3)13-19-21(17,18)20-14-16(8-4)12-10-6-2;1-6(2,3)4-5-7/h15-16H,5-14H2,1-4H3,(H,17,18);7H,4-5H2,1-3H3/q;+1/p-1. The third-order valence-electron chi connectivity index (χ3n) is 4.79. The fraction of sp³-hybridized carbons (Fsp3) is 1.00. The van der Waals surface area contributed by atoms with Gasteiger partial charge in [-0.15, -0.1) is 0 Å². The predicted octanol–water partition coefficient (Wildman–Crippen LogP) is 4.61. The van der Waals surface area contributed by atoms with Gasteiger partial charge in [-0.05, 0) is 24.7 Å². The lowest BCUT2D eigenvalue weighted by Crippen LogP contribution is -2.36. The summed E-state index contributed by atoms with van der Waals surface area (Å²) in [5, 5.41) is 8.39. The molecule has 0 fully saturated rings. The molecule has 0 aliphatic heterocycles. The Bertz CT molecular complexity index is 363. The summed E-state index contributed by atoms with van der Waals surface area (Å²) in [6, 6.07) is 0. The normalized spacial score (nSPS) is 16.0. The van der Waals surface area contributed by atoms with Crippen molar-refractivity contribution < 1.29 is 28.1 Å². The SMILES string of the molecule is CCCCC(CC)COP(=O)([O-])OCC(CC)CCCC.C[N+](C)(C)CCO. The molecule has 6 nitrogen and oxygen atoms in total. The Morgan fingerprint density at radius 2 is 1.29 bits per heavy atom. The van der Waals surface area contributed by atoms with Gasteiger partial charge >= 0.3 is 0 Å². The van der Waals surface area contributed by atoms with Crippen LogP contribution in [0.25, 0.3) is 0 Å². The highest BCUT2D eigenvalue weighted by atomic mass is 31.2. The molecule has 0 aromatic carbocycles. The summed E-state index contributed by atoms with van der Waals surface area (Å²) in [4.78, 5) is 11.8. The minimum atomic E-state index is -4.14. The van der Waals surface area contributed by atoms with Crippen LogP contribution in [0.3, 0.4) is 0 Å². The second-order valence-electron chi connectivity index (χ2n) is 8.61. The van der Waals surface area contributed by atoms with Gasteiger partial charge in [0.2, 0.25) is 0 Å². The number of phosphoric acid groups is 1. The second kappa shape index (κ2) is 17.9. The van der Waals surface area contributed by atoms with Gasteiger partial charge in [0.05, 0.1) is 41.0 Å². The zero-order chi connectivity index (χ0) is 22.1. The molecule has 0 heterocycles. The first-order valence-corrected chi connectivity index (χ1v) is 12.5. The molecule has 0 saturated heterocycles. The van der Waals surface area contributed by atoms with E-state index in [4.69, 9.17) is 14.2 Å². The van der Waals surface area contributed by atoms with Crippen LogP contribution in [0.15, 0.2) is 0 Å². The lowest BCUT2D eigenvalue weighted by Gasteiger charge is -2.27. The number of aliphatic hydroxyl groups excluding tert-OH is 1. The Balaban J connectivity index is 0. The van der Waals surface area contributed by atoms with Gasteiger partial charge < -0.3 is 23.5 Å². The van der Waals surface area contributed by atoms with Gasteiger partial charge in [0, 0.05) is 0 Å². The van der Waals surface area contributed by atoms with Gasteiger partial charge in [0.1, 0.15) is 6.54 Å². The molecule has 0 aliphatic carbocycles. The molecule has 0 saturated carbocycles. The first-order chi connectivity index (χ1) is 13.0. The lowest BCUT2D eigenvalue weighted by atomic mass is 10.0. The Morgan fingerprint density at radius 1 is 0.893 bits per heavy atom. The third-order valence-corrected chi connectivity index (χ3v) is 5.72.